The molecule has 2 N–H and O–H groups in total. The number of rotatable bonds is 4. The first-order valence-electron chi connectivity index (χ1n) is 9.41. The quantitative estimate of drug-likeness (QED) is 0.368. The van der Waals surface area contributed by atoms with E-state index in [1.165, 1.54) is 0 Å². The SMILES string of the molecule is Cc1ccnc(-c2ccn3c(-c4cccc(NC(=O)NCC(F)(F)F)c4)cnc3c2)c1.Cl.Cl. The number of imidazole rings is 1. The van der Waals surface area contributed by atoms with Crippen LogP contribution in [0.1, 0.15) is 5.56 Å². The number of aryl methyl sites for hydroxylation is 1. The van der Waals surface area contributed by atoms with Gasteiger partial charge in [-0.05, 0) is 48.9 Å². The molecule has 11 heteroatoms. The lowest BCUT2D eigenvalue weighted by Gasteiger charge is -2.11. The van der Waals surface area contributed by atoms with Crippen LogP contribution in [-0.4, -0.2) is 33.1 Å². The number of hydrogen-bond donors (Lipinski definition) is 2. The number of fused-ring (bicyclic) bond motifs is 1. The zero-order chi connectivity index (χ0) is 22.0. The lowest BCUT2D eigenvalue weighted by atomic mass is 10.1. The minimum atomic E-state index is -4.47. The molecule has 0 atom stereocenters. The van der Waals surface area contributed by atoms with E-state index >= 15 is 0 Å². The molecular formula is C22H20Cl2F3N5O. The summed E-state index contributed by atoms with van der Waals surface area (Å²) in [5.74, 6) is 0. The van der Waals surface area contributed by atoms with E-state index < -0.39 is 18.8 Å². The van der Waals surface area contributed by atoms with Gasteiger partial charge in [0, 0.05) is 29.2 Å². The van der Waals surface area contributed by atoms with Crippen molar-refractivity contribution in [3.63, 3.8) is 0 Å². The third-order valence-corrected chi connectivity index (χ3v) is 4.59. The molecule has 4 rings (SSSR count). The topological polar surface area (TPSA) is 71.3 Å². The Labute approximate surface area is 200 Å². The molecule has 3 heterocycles. The van der Waals surface area contributed by atoms with Crippen molar-refractivity contribution in [2.24, 2.45) is 0 Å². The summed E-state index contributed by atoms with van der Waals surface area (Å²) in [6.07, 6.45) is 0.872. The number of pyridine rings is 2. The molecule has 0 bridgehead atoms. The van der Waals surface area contributed by atoms with E-state index in [0.29, 0.717) is 5.69 Å². The monoisotopic (exact) mass is 497 g/mol. The first-order chi connectivity index (χ1) is 14.8. The average Bonchev–Trinajstić information content (AvgIpc) is 3.15. The second-order valence-electron chi connectivity index (χ2n) is 7.01. The Morgan fingerprint density at radius 2 is 1.82 bits per heavy atom. The van der Waals surface area contributed by atoms with Crippen LogP contribution in [0.5, 0.6) is 0 Å². The molecule has 0 aliphatic heterocycles. The summed E-state index contributed by atoms with van der Waals surface area (Å²) >= 11 is 0. The largest absolute Gasteiger partial charge is 0.405 e. The molecule has 0 saturated carbocycles. The molecule has 0 radical (unpaired) electrons. The Bertz CT molecular complexity index is 1260. The summed E-state index contributed by atoms with van der Waals surface area (Å²) < 4.78 is 38.7. The van der Waals surface area contributed by atoms with Crippen molar-refractivity contribution in [1.29, 1.82) is 0 Å². The van der Waals surface area contributed by atoms with E-state index in [2.05, 4.69) is 15.3 Å². The highest BCUT2D eigenvalue weighted by Gasteiger charge is 2.27. The molecule has 174 valence electrons. The Morgan fingerprint density at radius 1 is 1.03 bits per heavy atom. The minimum absolute atomic E-state index is 0. The Hall–Kier alpha value is -3.30. The van der Waals surface area contributed by atoms with Crippen LogP contribution in [0, 0.1) is 6.92 Å². The number of benzene rings is 1. The van der Waals surface area contributed by atoms with Crippen LogP contribution in [-0.2, 0) is 0 Å². The van der Waals surface area contributed by atoms with Crippen molar-refractivity contribution >= 4 is 42.2 Å². The predicted molar refractivity (Wildman–Crippen MR) is 126 cm³/mol. The summed E-state index contributed by atoms with van der Waals surface area (Å²) in [4.78, 5) is 20.6. The van der Waals surface area contributed by atoms with Gasteiger partial charge in [0.05, 0.1) is 17.6 Å². The third-order valence-electron chi connectivity index (χ3n) is 4.59. The Morgan fingerprint density at radius 3 is 2.55 bits per heavy atom. The molecule has 0 fully saturated rings. The number of amides is 2. The molecule has 0 spiro atoms. The second kappa shape index (κ2) is 10.5. The van der Waals surface area contributed by atoms with Gasteiger partial charge in [0.25, 0.3) is 0 Å². The van der Waals surface area contributed by atoms with E-state index in [1.54, 1.807) is 35.9 Å². The molecule has 3 aromatic heterocycles. The van der Waals surface area contributed by atoms with Crippen LogP contribution in [0.2, 0.25) is 0 Å². The van der Waals surface area contributed by atoms with Crippen molar-refractivity contribution in [2.75, 3.05) is 11.9 Å². The smallest absolute Gasteiger partial charge is 0.329 e. The van der Waals surface area contributed by atoms with Gasteiger partial charge >= 0.3 is 12.2 Å². The highest BCUT2D eigenvalue weighted by molar-refractivity contribution is 5.90. The fourth-order valence-corrected chi connectivity index (χ4v) is 3.16. The van der Waals surface area contributed by atoms with E-state index in [9.17, 15) is 18.0 Å². The first kappa shape index (κ1) is 26.0. The molecule has 1 aromatic carbocycles. The number of halogens is 5. The Kier molecular flexibility index (Phi) is 8.29. The standard InChI is InChI=1S/C22H18F3N5O.2ClH/c1-14-5-7-26-18(9-14)15-6-8-30-19(12-27-20(30)11-15)16-3-2-4-17(10-16)29-21(31)28-13-22(23,24)25;;/h2-12H,13H2,1H3,(H2,28,29,31);2*1H. The van der Waals surface area contributed by atoms with Crippen molar-refractivity contribution < 1.29 is 18.0 Å². The molecule has 0 saturated heterocycles. The van der Waals surface area contributed by atoms with Gasteiger partial charge in [0.1, 0.15) is 12.2 Å². The molecule has 0 aliphatic rings. The zero-order valence-corrected chi connectivity index (χ0v) is 18.9. The van der Waals surface area contributed by atoms with Gasteiger partial charge in [-0.15, -0.1) is 24.8 Å². The lowest BCUT2D eigenvalue weighted by Crippen LogP contribution is -2.36. The van der Waals surface area contributed by atoms with Crippen LogP contribution in [0.4, 0.5) is 23.7 Å². The normalized spacial score (nSPS) is 10.8. The minimum Gasteiger partial charge on any atom is -0.329 e. The zero-order valence-electron chi connectivity index (χ0n) is 17.3. The van der Waals surface area contributed by atoms with Gasteiger partial charge in [0.15, 0.2) is 0 Å². The number of urea groups is 1. The number of hydrogen-bond acceptors (Lipinski definition) is 3. The van der Waals surface area contributed by atoms with E-state index in [4.69, 9.17) is 0 Å². The number of nitrogens with one attached hydrogen (secondary N) is 2. The second-order valence-corrected chi connectivity index (χ2v) is 7.01. The highest BCUT2D eigenvalue weighted by atomic mass is 35.5. The number of carbonyl (C=O) groups excluding carboxylic acids is 1. The van der Waals surface area contributed by atoms with Crippen LogP contribution >= 0.6 is 24.8 Å². The van der Waals surface area contributed by atoms with Crippen molar-refractivity contribution in [1.82, 2.24) is 19.7 Å². The van der Waals surface area contributed by atoms with E-state index in [0.717, 1.165) is 33.7 Å². The maximum Gasteiger partial charge on any atom is 0.405 e. The van der Waals surface area contributed by atoms with E-state index in [-0.39, 0.29) is 24.8 Å². The lowest BCUT2D eigenvalue weighted by molar-refractivity contribution is -0.122. The summed E-state index contributed by atoms with van der Waals surface area (Å²) in [6, 6.07) is 13.7. The van der Waals surface area contributed by atoms with Crippen LogP contribution in [0.25, 0.3) is 28.2 Å². The van der Waals surface area contributed by atoms with Crippen LogP contribution < -0.4 is 10.6 Å². The summed E-state index contributed by atoms with van der Waals surface area (Å²) in [5, 5.41) is 4.19. The van der Waals surface area contributed by atoms with Crippen molar-refractivity contribution in [2.45, 2.75) is 13.1 Å². The van der Waals surface area contributed by atoms with Crippen LogP contribution in [0.3, 0.4) is 0 Å². The summed E-state index contributed by atoms with van der Waals surface area (Å²) in [5.41, 5.74) is 5.51. The highest BCUT2D eigenvalue weighted by Crippen LogP contribution is 2.26. The maximum absolute atomic E-state index is 12.3. The molecular weight excluding hydrogens is 478 g/mol. The molecule has 2 amide bonds. The first-order valence-corrected chi connectivity index (χ1v) is 9.41. The van der Waals surface area contributed by atoms with Gasteiger partial charge < -0.3 is 10.6 Å². The fourth-order valence-electron chi connectivity index (χ4n) is 3.16. The van der Waals surface area contributed by atoms with Crippen molar-refractivity contribution in [3.05, 3.63) is 72.7 Å². The molecule has 4 aromatic rings. The Balaban J connectivity index is 0.00000193. The van der Waals surface area contributed by atoms with Crippen molar-refractivity contribution in [3.8, 4) is 22.5 Å². The predicted octanol–water partition coefficient (Wildman–Crippen LogP) is 5.90. The molecule has 0 aliphatic carbocycles. The van der Waals surface area contributed by atoms with Crippen LogP contribution in [0.15, 0.2) is 67.1 Å². The molecule has 6 nitrogen and oxygen atoms in total. The summed E-state index contributed by atoms with van der Waals surface area (Å²) in [6.45, 7) is 0.603. The fraction of sp³-hybridized carbons (Fsp3) is 0.136. The van der Waals surface area contributed by atoms with Gasteiger partial charge in [0.2, 0.25) is 0 Å². The van der Waals surface area contributed by atoms with E-state index in [1.807, 2.05) is 47.9 Å². The van der Waals surface area contributed by atoms with Gasteiger partial charge in [-0.25, -0.2) is 9.78 Å². The number of nitrogens with zero attached hydrogens (tertiary/aromatic N) is 3. The molecule has 0 unspecified atom stereocenters. The number of aromatic nitrogens is 3. The summed E-state index contributed by atoms with van der Waals surface area (Å²) in [7, 11) is 0. The number of alkyl halides is 3. The number of carbonyl (C=O) groups is 1. The average molecular weight is 498 g/mol. The van der Waals surface area contributed by atoms with Gasteiger partial charge in [-0.3, -0.25) is 9.38 Å². The third kappa shape index (κ3) is 6.36. The molecule has 33 heavy (non-hydrogen) atoms. The number of anilines is 1. The van der Waals surface area contributed by atoms with Gasteiger partial charge in [-0.2, -0.15) is 13.2 Å². The maximum atomic E-state index is 12.3. The van der Waals surface area contributed by atoms with Gasteiger partial charge in [-0.1, -0.05) is 12.1 Å².